The Balaban J connectivity index is 2.19. The number of esters is 1. The van der Waals surface area contributed by atoms with Crippen molar-refractivity contribution in [1.82, 2.24) is 0 Å². The van der Waals surface area contributed by atoms with Gasteiger partial charge in [0, 0.05) is 12.0 Å². The van der Waals surface area contributed by atoms with Gasteiger partial charge >= 0.3 is 5.97 Å². The fourth-order valence-electron chi connectivity index (χ4n) is 1.95. The minimum absolute atomic E-state index is 0.0608. The summed E-state index contributed by atoms with van der Waals surface area (Å²) in [6.07, 6.45) is 0. The number of carbonyl (C=O) groups excluding carboxylic acids is 1. The van der Waals surface area contributed by atoms with E-state index in [4.69, 9.17) is 10.2 Å². The first-order valence-corrected chi connectivity index (χ1v) is 4.92. The van der Waals surface area contributed by atoms with Crippen LogP contribution in [0.1, 0.15) is 36.1 Å². The van der Waals surface area contributed by atoms with Crippen LogP contribution < -0.4 is 5.73 Å². The Morgan fingerprint density at radius 3 is 2.60 bits per heavy atom. The van der Waals surface area contributed by atoms with Crippen LogP contribution in [0, 0.1) is 5.41 Å². The number of carbonyl (C=O) groups is 1. The maximum atomic E-state index is 11.2. The van der Waals surface area contributed by atoms with Gasteiger partial charge in [-0.25, -0.2) is 4.79 Å². The molecule has 4 heteroatoms. The van der Waals surface area contributed by atoms with E-state index in [2.05, 4.69) is 18.6 Å². The summed E-state index contributed by atoms with van der Waals surface area (Å²) in [5.74, 6) is 0.763. The molecule has 2 atom stereocenters. The van der Waals surface area contributed by atoms with E-state index in [0.717, 1.165) is 5.76 Å². The molecule has 4 nitrogen and oxygen atoms in total. The molecule has 2 rings (SSSR count). The van der Waals surface area contributed by atoms with E-state index in [-0.39, 0.29) is 23.1 Å². The zero-order valence-corrected chi connectivity index (χ0v) is 9.11. The zero-order valence-electron chi connectivity index (χ0n) is 9.11. The molecule has 1 aliphatic carbocycles. The molecule has 15 heavy (non-hydrogen) atoms. The molecule has 2 unspecified atom stereocenters. The smallest absolute Gasteiger partial charge is 0.373 e. The normalized spacial score (nSPS) is 27.5. The summed E-state index contributed by atoms with van der Waals surface area (Å²) in [5.41, 5.74) is 5.98. The molecule has 0 bridgehead atoms. The van der Waals surface area contributed by atoms with Crippen LogP contribution in [0.15, 0.2) is 16.5 Å². The molecule has 0 saturated heterocycles. The molecule has 1 aromatic rings. The van der Waals surface area contributed by atoms with Gasteiger partial charge < -0.3 is 14.9 Å². The third kappa shape index (κ3) is 1.45. The monoisotopic (exact) mass is 209 g/mol. The zero-order chi connectivity index (χ0) is 11.2. The molecule has 0 amide bonds. The van der Waals surface area contributed by atoms with E-state index in [0.29, 0.717) is 0 Å². The number of hydrogen-bond acceptors (Lipinski definition) is 4. The SMILES string of the molecule is COC(=O)c1ccc(C2C(N)C2(C)C)o1. The topological polar surface area (TPSA) is 65.5 Å². The van der Waals surface area contributed by atoms with E-state index >= 15 is 0 Å². The van der Waals surface area contributed by atoms with Crippen LogP contribution in [0.5, 0.6) is 0 Å². The van der Waals surface area contributed by atoms with Crippen molar-refractivity contribution >= 4 is 5.97 Å². The van der Waals surface area contributed by atoms with Gasteiger partial charge in [0.05, 0.1) is 7.11 Å². The lowest BCUT2D eigenvalue weighted by atomic mass is 10.1. The summed E-state index contributed by atoms with van der Waals surface area (Å²) in [6, 6.07) is 3.53. The van der Waals surface area contributed by atoms with E-state index in [1.54, 1.807) is 12.1 Å². The largest absolute Gasteiger partial charge is 0.463 e. The summed E-state index contributed by atoms with van der Waals surface area (Å²) >= 11 is 0. The van der Waals surface area contributed by atoms with Crippen molar-refractivity contribution in [2.75, 3.05) is 7.11 Å². The molecule has 0 spiro atoms. The molecule has 0 aliphatic heterocycles. The summed E-state index contributed by atoms with van der Waals surface area (Å²) in [4.78, 5) is 11.2. The summed E-state index contributed by atoms with van der Waals surface area (Å²) in [7, 11) is 1.33. The highest BCUT2D eigenvalue weighted by Crippen LogP contribution is 2.57. The Morgan fingerprint density at radius 1 is 1.53 bits per heavy atom. The standard InChI is InChI=1S/C11H15NO3/c1-11(2)8(9(11)12)6-4-5-7(15-6)10(13)14-3/h4-5,8-9H,12H2,1-3H3. The third-order valence-electron chi connectivity index (χ3n) is 3.23. The highest BCUT2D eigenvalue weighted by atomic mass is 16.5. The molecule has 2 N–H and O–H groups in total. The first-order valence-electron chi connectivity index (χ1n) is 4.92. The van der Waals surface area contributed by atoms with E-state index in [9.17, 15) is 4.79 Å². The molecular formula is C11H15NO3. The predicted octanol–water partition coefficient (Wildman–Crippen LogP) is 1.52. The number of methoxy groups -OCH3 is 1. The molecule has 0 aromatic carbocycles. The van der Waals surface area contributed by atoms with Crippen molar-refractivity contribution < 1.29 is 13.9 Å². The molecular weight excluding hydrogens is 194 g/mol. The number of ether oxygens (including phenoxy) is 1. The first-order chi connectivity index (χ1) is 6.98. The van der Waals surface area contributed by atoms with Gasteiger partial charge in [0.2, 0.25) is 5.76 Å². The van der Waals surface area contributed by atoms with Crippen LogP contribution in [0.4, 0.5) is 0 Å². The summed E-state index contributed by atoms with van der Waals surface area (Å²) in [5, 5.41) is 0. The summed E-state index contributed by atoms with van der Waals surface area (Å²) in [6.45, 7) is 4.17. The van der Waals surface area contributed by atoms with Crippen LogP contribution in [-0.4, -0.2) is 19.1 Å². The van der Waals surface area contributed by atoms with Gasteiger partial charge in [0.1, 0.15) is 5.76 Å². The number of nitrogens with two attached hydrogens (primary N) is 1. The minimum Gasteiger partial charge on any atom is -0.463 e. The molecule has 1 saturated carbocycles. The first kappa shape index (κ1) is 10.2. The Bertz CT molecular complexity index is 394. The lowest BCUT2D eigenvalue weighted by molar-refractivity contribution is 0.0562. The maximum absolute atomic E-state index is 11.2. The van der Waals surface area contributed by atoms with Crippen LogP contribution in [0.3, 0.4) is 0 Å². The second-order valence-electron chi connectivity index (χ2n) is 4.52. The van der Waals surface area contributed by atoms with Crippen LogP contribution in [0.2, 0.25) is 0 Å². The van der Waals surface area contributed by atoms with Gasteiger partial charge in [0.25, 0.3) is 0 Å². The van der Waals surface area contributed by atoms with E-state index < -0.39 is 5.97 Å². The Hall–Kier alpha value is -1.29. The Morgan fingerprint density at radius 2 is 2.13 bits per heavy atom. The highest BCUT2D eigenvalue weighted by molar-refractivity contribution is 5.86. The van der Waals surface area contributed by atoms with Crippen molar-refractivity contribution in [3.63, 3.8) is 0 Å². The van der Waals surface area contributed by atoms with E-state index in [1.165, 1.54) is 7.11 Å². The minimum atomic E-state index is -0.451. The lowest BCUT2D eigenvalue weighted by Crippen LogP contribution is -2.06. The van der Waals surface area contributed by atoms with Gasteiger partial charge in [0.15, 0.2) is 0 Å². The van der Waals surface area contributed by atoms with Gasteiger partial charge in [-0.05, 0) is 17.5 Å². The average Bonchev–Trinajstić information content (AvgIpc) is 2.58. The summed E-state index contributed by atoms with van der Waals surface area (Å²) < 4.78 is 9.98. The van der Waals surface area contributed by atoms with Crippen LogP contribution in [0.25, 0.3) is 0 Å². The van der Waals surface area contributed by atoms with E-state index in [1.807, 2.05) is 0 Å². The van der Waals surface area contributed by atoms with Crippen molar-refractivity contribution in [2.45, 2.75) is 25.8 Å². The number of furan rings is 1. The van der Waals surface area contributed by atoms with Gasteiger partial charge in [-0.2, -0.15) is 0 Å². The fourth-order valence-corrected chi connectivity index (χ4v) is 1.95. The molecule has 82 valence electrons. The maximum Gasteiger partial charge on any atom is 0.373 e. The molecule has 1 aromatic heterocycles. The van der Waals surface area contributed by atoms with Crippen molar-refractivity contribution in [3.05, 3.63) is 23.7 Å². The second-order valence-corrected chi connectivity index (χ2v) is 4.52. The van der Waals surface area contributed by atoms with Crippen LogP contribution >= 0.6 is 0 Å². The van der Waals surface area contributed by atoms with Gasteiger partial charge in [-0.15, -0.1) is 0 Å². The number of rotatable bonds is 2. The van der Waals surface area contributed by atoms with Crippen molar-refractivity contribution in [2.24, 2.45) is 11.1 Å². The molecule has 1 fully saturated rings. The third-order valence-corrected chi connectivity index (χ3v) is 3.23. The van der Waals surface area contributed by atoms with Crippen molar-refractivity contribution in [1.29, 1.82) is 0 Å². The fraction of sp³-hybridized carbons (Fsp3) is 0.545. The highest BCUT2D eigenvalue weighted by Gasteiger charge is 2.58. The molecule has 1 heterocycles. The Labute approximate surface area is 88.4 Å². The van der Waals surface area contributed by atoms with Crippen molar-refractivity contribution in [3.8, 4) is 0 Å². The van der Waals surface area contributed by atoms with Crippen LogP contribution in [-0.2, 0) is 4.74 Å². The van der Waals surface area contributed by atoms with Gasteiger partial charge in [-0.1, -0.05) is 13.8 Å². The lowest BCUT2D eigenvalue weighted by Gasteiger charge is -1.98. The quantitative estimate of drug-likeness (QED) is 0.750. The molecule has 0 radical (unpaired) electrons. The average molecular weight is 209 g/mol. The second kappa shape index (κ2) is 3.10. The number of hydrogen-bond donors (Lipinski definition) is 1. The Kier molecular flexibility index (Phi) is 2.12. The predicted molar refractivity (Wildman–Crippen MR) is 54.5 cm³/mol. The van der Waals surface area contributed by atoms with Gasteiger partial charge in [-0.3, -0.25) is 0 Å². The molecule has 1 aliphatic rings.